The van der Waals surface area contributed by atoms with Gasteiger partial charge in [0.1, 0.15) is 11.6 Å². The third kappa shape index (κ3) is 3.90. The first-order chi connectivity index (χ1) is 13.2. The number of allylic oxidation sites excluding steroid dienone is 1. The molecule has 1 aliphatic carbocycles. The van der Waals surface area contributed by atoms with Crippen LogP contribution in [0.15, 0.2) is 65.9 Å². The van der Waals surface area contributed by atoms with Gasteiger partial charge in [-0.1, -0.05) is 30.3 Å². The first kappa shape index (κ1) is 20.0. The van der Waals surface area contributed by atoms with Gasteiger partial charge in [0, 0.05) is 29.3 Å². The van der Waals surface area contributed by atoms with E-state index in [1.54, 1.807) is 19.1 Å². The number of halogens is 1. The topological polar surface area (TPSA) is 66.4 Å². The third-order valence-electron chi connectivity index (χ3n) is 5.29. The molecule has 0 aliphatic heterocycles. The van der Waals surface area contributed by atoms with Crippen molar-refractivity contribution in [1.29, 1.82) is 0 Å². The highest BCUT2D eigenvalue weighted by atomic mass is 19.1. The van der Waals surface area contributed by atoms with E-state index in [0.717, 1.165) is 5.69 Å². The summed E-state index contributed by atoms with van der Waals surface area (Å²) < 4.78 is 13.5. The summed E-state index contributed by atoms with van der Waals surface area (Å²) in [7, 11) is 0. The van der Waals surface area contributed by atoms with Crippen molar-refractivity contribution in [3.8, 4) is 0 Å². The van der Waals surface area contributed by atoms with E-state index in [2.05, 4.69) is 5.32 Å². The molecule has 0 unspecified atom stereocenters. The van der Waals surface area contributed by atoms with E-state index in [0.29, 0.717) is 16.8 Å². The van der Waals surface area contributed by atoms with Gasteiger partial charge in [0.15, 0.2) is 5.78 Å². The minimum atomic E-state index is -1.36. The molecule has 0 radical (unpaired) electrons. The molecule has 0 bridgehead atoms. The molecule has 0 saturated heterocycles. The zero-order valence-electron chi connectivity index (χ0n) is 16.2. The Balaban J connectivity index is 2.21. The van der Waals surface area contributed by atoms with Crippen LogP contribution in [0, 0.1) is 11.7 Å². The van der Waals surface area contributed by atoms with Gasteiger partial charge < -0.3 is 10.4 Å². The molecule has 146 valence electrons. The maximum absolute atomic E-state index is 13.5. The van der Waals surface area contributed by atoms with E-state index in [1.165, 1.54) is 26.0 Å². The summed E-state index contributed by atoms with van der Waals surface area (Å²) in [4.78, 5) is 25.2. The van der Waals surface area contributed by atoms with Gasteiger partial charge in [-0.3, -0.25) is 9.59 Å². The molecule has 0 saturated carbocycles. The fraction of sp³-hybridized carbons (Fsp3) is 0.304. The van der Waals surface area contributed by atoms with E-state index in [1.807, 2.05) is 30.3 Å². The van der Waals surface area contributed by atoms with Crippen molar-refractivity contribution in [2.75, 3.05) is 5.32 Å². The second-order valence-electron chi connectivity index (χ2n) is 7.59. The Morgan fingerprint density at radius 1 is 1.07 bits per heavy atom. The summed E-state index contributed by atoms with van der Waals surface area (Å²) in [6, 6.07) is 15.1. The minimum Gasteiger partial charge on any atom is -0.389 e. The quantitative estimate of drug-likeness (QED) is 0.814. The van der Waals surface area contributed by atoms with Crippen LogP contribution >= 0.6 is 0 Å². The average molecular weight is 381 g/mol. The van der Waals surface area contributed by atoms with E-state index in [4.69, 9.17) is 0 Å². The SMILES string of the molecule is CC(=O)C1=C(Nc2ccccc2)C[C@@](C)(O)[C@@H](C(C)=O)[C@H]1c1ccc(F)cc1. The van der Waals surface area contributed by atoms with Gasteiger partial charge in [-0.25, -0.2) is 4.39 Å². The van der Waals surface area contributed by atoms with Crippen molar-refractivity contribution in [2.45, 2.75) is 38.7 Å². The van der Waals surface area contributed by atoms with Crippen molar-refractivity contribution in [1.82, 2.24) is 0 Å². The van der Waals surface area contributed by atoms with Crippen LogP contribution in [0.3, 0.4) is 0 Å². The minimum absolute atomic E-state index is 0.138. The smallest absolute Gasteiger partial charge is 0.158 e. The first-order valence-electron chi connectivity index (χ1n) is 9.25. The number of aliphatic hydroxyl groups is 1. The number of carbonyl (C=O) groups is 2. The first-order valence-corrected chi connectivity index (χ1v) is 9.25. The van der Waals surface area contributed by atoms with Crippen LogP contribution in [-0.2, 0) is 9.59 Å². The molecule has 28 heavy (non-hydrogen) atoms. The zero-order valence-corrected chi connectivity index (χ0v) is 16.2. The number of para-hydroxylation sites is 1. The number of nitrogens with one attached hydrogen (secondary N) is 1. The van der Waals surface area contributed by atoms with Crippen molar-refractivity contribution in [3.63, 3.8) is 0 Å². The predicted octanol–water partition coefficient (Wildman–Crippen LogP) is 4.22. The molecule has 3 atom stereocenters. The maximum Gasteiger partial charge on any atom is 0.158 e. The molecule has 4 nitrogen and oxygen atoms in total. The number of carbonyl (C=O) groups excluding carboxylic acids is 2. The van der Waals surface area contributed by atoms with E-state index in [9.17, 15) is 19.1 Å². The van der Waals surface area contributed by atoms with Gasteiger partial charge >= 0.3 is 0 Å². The van der Waals surface area contributed by atoms with E-state index in [-0.39, 0.29) is 18.0 Å². The number of hydrogen-bond donors (Lipinski definition) is 2. The second-order valence-corrected chi connectivity index (χ2v) is 7.59. The standard InChI is InChI=1S/C23H24FNO3/c1-14(26)20-19(25-18-7-5-4-6-8-18)13-23(3,28)22(15(2)27)21(20)16-9-11-17(24)12-10-16/h4-12,21-22,25,28H,13H2,1-3H3/t21-,22-,23+/m0/s1. The van der Waals surface area contributed by atoms with Gasteiger partial charge in [0.25, 0.3) is 0 Å². The highest BCUT2D eigenvalue weighted by Crippen LogP contribution is 2.47. The van der Waals surface area contributed by atoms with Crippen LogP contribution in [0.4, 0.5) is 10.1 Å². The molecule has 2 aromatic carbocycles. The van der Waals surface area contributed by atoms with Crippen LogP contribution in [0.5, 0.6) is 0 Å². The molecule has 3 rings (SSSR count). The lowest BCUT2D eigenvalue weighted by atomic mass is 9.64. The zero-order chi connectivity index (χ0) is 20.5. The molecular formula is C23H24FNO3. The van der Waals surface area contributed by atoms with Crippen molar-refractivity contribution in [3.05, 3.63) is 77.2 Å². The van der Waals surface area contributed by atoms with Crippen LogP contribution in [-0.4, -0.2) is 22.3 Å². The molecule has 0 aromatic heterocycles. The second kappa shape index (κ2) is 7.68. The monoisotopic (exact) mass is 381 g/mol. The number of hydrogen-bond acceptors (Lipinski definition) is 4. The van der Waals surface area contributed by atoms with Crippen LogP contribution in [0.2, 0.25) is 0 Å². The summed E-state index contributed by atoms with van der Waals surface area (Å²) in [5, 5.41) is 14.4. The number of rotatable bonds is 5. The van der Waals surface area contributed by atoms with Crippen molar-refractivity contribution in [2.24, 2.45) is 5.92 Å². The van der Waals surface area contributed by atoms with Gasteiger partial charge in [-0.2, -0.15) is 0 Å². The molecule has 1 aliphatic rings. The lowest BCUT2D eigenvalue weighted by molar-refractivity contribution is -0.131. The Labute approximate surface area is 164 Å². The normalized spacial score (nSPS) is 24.8. The van der Waals surface area contributed by atoms with Crippen LogP contribution < -0.4 is 5.32 Å². The van der Waals surface area contributed by atoms with Crippen molar-refractivity contribution >= 4 is 17.3 Å². The third-order valence-corrected chi connectivity index (χ3v) is 5.29. The highest BCUT2D eigenvalue weighted by molar-refractivity contribution is 5.98. The Morgan fingerprint density at radius 3 is 2.21 bits per heavy atom. The number of ketones is 2. The van der Waals surface area contributed by atoms with Gasteiger partial charge in [-0.05, 0) is 50.6 Å². The fourth-order valence-corrected chi connectivity index (χ4v) is 4.22. The lowest BCUT2D eigenvalue weighted by Crippen LogP contribution is -2.48. The van der Waals surface area contributed by atoms with Gasteiger partial charge in [0.05, 0.1) is 11.5 Å². The summed E-state index contributed by atoms with van der Waals surface area (Å²) in [6.07, 6.45) is 0.138. The molecule has 5 heteroatoms. The fourth-order valence-electron chi connectivity index (χ4n) is 4.22. The van der Waals surface area contributed by atoms with E-state index < -0.39 is 23.3 Å². The van der Waals surface area contributed by atoms with Crippen molar-refractivity contribution < 1.29 is 19.1 Å². The molecule has 0 fully saturated rings. The number of Topliss-reactive ketones (excluding diaryl/α,β-unsaturated/α-hetero) is 2. The lowest BCUT2D eigenvalue weighted by Gasteiger charge is -2.43. The van der Waals surface area contributed by atoms with Gasteiger partial charge in [0.2, 0.25) is 0 Å². The maximum atomic E-state index is 13.5. The molecule has 2 N–H and O–H groups in total. The summed E-state index contributed by atoms with van der Waals surface area (Å²) in [5.41, 5.74) is 1.07. The summed E-state index contributed by atoms with van der Waals surface area (Å²) >= 11 is 0. The average Bonchev–Trinajstić information content (AvgIpc) is 2.61. The Kier molecular flexibility index (Phi) is 5.47. The van der Waals surface area contributed by atoms with Crippen LogP contribution in [0.1, 0.15) is 38.7 Å². The predicted molar refractivity (Wildman–Crippen MR) is 106 cm³/mol. The Hall–Kier alpha value is -2.79. The number of anilines is 1. The Morgan fingerprint density at radius 2 is 1.68 bits per heavy atom. The largest absolute Gasteiger partial charge is 0.389 e. The molecule has 2 aromatic rings. The number of benzene rings is 2. The molecule has 0 heterocycles. The molecule has 0 amide bonds. The summed E-state index contributed by atoms with van der Waals surface area (Å²) in [5.74, 6) is -2.27. The highest BCUT2D eigenvalue weighted by Gasteiger charge is 2.49. The van der Waals surface area contributed by atoms with Crippen LogP contribution in [0.25, 0.3) is 0 Å². The Bertz CT molecular complexity index is 917. The summed E-state index contributed by atoms with van der Waals surface area (Å²) in [6.45, 7) is 4.48. The van der Waals surface area contributed by atoms with Gasteiger partial charge in [-0.15, -0.1) is 0 Å². The molecule has 0 spiro atoms. The molecular weight excluding hydrogens is 357 g/mol. The van der Waals surface area contributed by atoms with E-state index >= 15 is 0 Å².